The molecule has 0 radical (unpaired) electrons. The van der Waals surface area contributed by atoms with Crippen molar-refractivity contribution in [2.75, 3.05) is 19.7 Å². The lowest BCUT2D eigenvalue weighted by Gasteiger charge is -2.32. The molecule has 152 valence electrons. The molecule has 1 aromatic carbocycles. The van der Waals surface area contributed by atoms with Gasteiger partial charge in [-0.15, -0.1) is 0 Å². The summed E-state index contributed by atoms with van der Waals surface area (Å²) in [5.74, 6) is -0.562. The Kier molecular flexibility index (Phi) is 7.20. The molecule has 2 N–H and O–H groups in total. The Hall–Kier alpha value is -2.21. The van der Waals surface area contributed by atoms with Crippen LogP contribution in [0.3, 0.4) is 0 Å². The van der Waals surface area contributed by atoms with E-state index in [0.29, 0.717) is 24.2 Å². The van der Waals surface area contributed by atoms with Gasteiger partial charge in [0.2, 0.25) is 5.91 Å². The van der Waals surface area contributed by atoms with E-state index in [1.165, 1.54) is 4.90 Å². The molecule has 3 rings (SSSR count). The fourth-order valence-electron chi connectivity index (χ4n) is 4.34. The number of aliphatic hydroxyl groups excluding tert-OH is 1. The zero-order valence-corrected chi connectivity index (χ0v) is 16.4. The summed E-state index contributed by atoms with van der Waals surface area (Å²) in [5, 5.41) is 11.8. The molecular weight excluding hydrogens is 356 g/mol. The molecule has 1 aliphatic heterocycles. The SMILES string of the molecule is O=C(NCCCCCCO)C1CCCCC1CN1C(=O)c2ccccc2C1=O. The number of fused-ring (bicyclic) bond motifs is 1. The molecule has 1 saturated carbocycles. The van der Waals surface area contributed by atoms with Crippen molar-refractivity contribution in [2.45, 2.75) is 51.4 Å². The summed E-state index contributed by atoms with van der Waals surface area (Å²) in [7, 11) is 0. The van der Waals surface area contributed by atoms with E-state index in [-0.39, 0.29) is 36.2 Å². The summed E-state index contributed by atoms with van der Waals surface area (Å²) in [6.07, 6.45) is 7.38. The molecule has 28 heavy (non-hydrogen) atoms. The first-order valence-corrected chi connectivity index (χ1v) is 10.5. The number of benzene rings is 1. The highest BCUT2D eigenvalue weighted by Crippen LogP contribution is 2.33. The second-order valence-corrected chi connectivity index (χ2v) is 7.85. The van der Waals surface area contributed by atoms with Crippen molar-refractivity contribution in [1.29, 1.82) is 0 Å². The van der Waals surface area contributed by atoms with Crippen LogP contribution in [0.25, 0.3) is 0 Å². The highest BCUT2D eigenvalue weighted by Gasteiger charge is 2.39. The van der Waals surface area contributed by atoms with Crippen LogP contribution in [-0.4, -0.2) is 47.4 Å². The molecule has 1 heterocycles. The predicted octanol–water partition coefficient (Wildman–Crippen LogP) is 2.76. The van der Waals surface area contributed by atoms with E-state index < -0.39 is 0 Å². The van der Waals surface area contributed by atoms with E-state index in [1.807, 2.05) is 0 Å². The van der Waals surface area contributed by atoms with Gasteiger partial charge in [0.1, 0.15) is 0 Å². The summed E-state index contributed by atoms with van der Waals surface area (Å²) in [4.78, 5) is 39.3. The summed E-state index contributed by atoms with van der Waals surface area (Å²) < 4.78 is 0. The molecule has 0 saturated heterocycles. The lowest BCUT2D eigenvalue weighted by Crippen LogP contribution is -2.43. The third kappa shape index (κ3) is 4.61. The van der Waals surface area contributed by atoms with Crippen LogP contribution in [-0.2, 0) is 4.79 Å². The molecule has 6 nitrogen and oxygen atoms in total. The number of hydrogen-bond donors (Lipinski definition) is 2. The average molecular weight is 386 g/mol. The second-order valence-electron chi connectivity index (χ2n) is 7.85. The number of aliphatic hydroxyl groups is 1. The maximum absolute atomic E-state index is 12.7. The maximum Gasteiger partial charge on any atom is 0.261 e. The fraction of sp³-hybridized carbons (Fsp3) is 0.591. The van der Waals surface area contributed by atoms with Crippen molar-refractivity contribution in [2.24, 2.45) is 11.8 Å². The number of hydrogen-bond acceptors (Lipinski definition) is 4. The van der Waals surface area contributed by atoms with Crippen molar-refractivity contribution in [1.82, 2.24) is 10.2 Å². The third-order valence-corrected chi connectivity index (χ3v) is 5.93. The van der Waals surface area contributed by atoms with Gasteiger partial charge in [0.15, 0.2) is 0 Å². The van der Waals surface area contributed by atoms with Gasteiger partial charge in [0, 0.05) is 25.6 Å². The minimum absolute atomic E-state index is 0.0188. The number of unbranched alkanes of at least 4 members (excludes halogenated alkanes) is 3. The Labute approximate surface area is 166 Å². The highest BCUT2D eigenvalue weighted by atomic mass is 16.3. The van der Waals surface area contributed by atoms with Gasteiger partial charge >= 0.3 is 0 Å². The molecule has 1 aromatic rings. The van der Waals surface area contributed by atoms with Crippen molar-refractivity contribution in [3.8, 4) is 0 Å². The standard InChI is InChI=1S/C22H30N2O4/c25-14-8-2-1-7-13-23-20(26)17-10-4-3-9-16(17)15-24-21(27)18-11-5-6-12-19(18)22(24)28/h5-6,11-12,16-17,25H,1-4,7-10,13-15H2,(H,23,26). The van der Waals surface area contributed by atoms with Crippen LogP contribution in [0.1, 0.15) is 72.1 Å². The smallest absolute Gasteiger partial charge is 0.261 e. The van der Waals surface area contributed by atoms with Crippen molar-refractivity contribution in [3.05, 3.63) is 35.4 Å². The molecule has 0 bridgehead atoms. The Bertz CT molecular complexity index is 683. The normalized spacial score (nSPS) is 21.7. The Balaban J connectivity index is 1.56. The van der Waals surface area contributed by atoms with Gasteiger partial charge in [-0.1, -0.05) is 37.8 Å². The van der Waals surface area contributed by atoms with Crippen molar-refractivity contribution >= 4 is 17.7 Å². The molecule has 2 unspecified atom stereocenters. The highest BCUT2D eigenvalue weighted by molar-refractivity contribution is 6.21. The summed E-state index contributed by atoms with van der Waals surface area (Å²) >= 11 is 0. The van der Waals surface area contributed by atoms with Gasteiger partial charge in [0.05, 0.1) is 11.1 Å². The predicted molar refractivity (Wildman–Crippen MR) is 106 cm³/mol. The number of amides is 3. The van der Waals surface area contributed by atoms with E-state index in [0.717, 1.165) is 51.4 Å². The van der Waals surface area contributed by atoms with Crippen molar-refractivity contribution in [3.63, 3.8) is 0 Å². The van der Waals surface area contributed by atoms with Gasteiger partial charge < -0.3 is 10.4 Å². The van der Waals surface area contributed by atoms with E-state index in [1.54, 1.807) is 24.3 Å². The number of nitrogens with one attached hydrogen (secondary N) is 1. The molecule has 2 atom stereocenters. The zero-order chi connectivity index (χ0) is 19.9. The molecule has 2 aliphatic rings. The van der Waals surface area contributed by atoms with Crippen LogP contribution in [0.2, 0.25) is 0 Å². The largest absolute Gasteiger partial charge is 0.396 e. The van der Waals surface area contributed by atoms with Gasteiger partial charge in [-0.25, -0.2) is 0 Å². The van der Waals surface area contributed by atoms with Crippen molar-refractivity contribution < 1.29 is 19.5 Å². The van der Waals surface area contributed by atoms with Gasteiger partial charge in [-0.05, 0) is 43.7 Å². The van der Waals surface area contributed by atoms with Gasteiger partial charge in [0.25, 0.3) is 11.8 Å². The van der Waals surface area contributed by atoms with Crippen LogP contribution < -0.4 is 5.32 Å². The third-order valence-electron chi connectivity index (χ3n) is 5.93. The Morgan fingerprint density at radius 2 is 1.64 bits per heavy atom. The van der Waals surface area contributed by atoms with E-state index in [2.05, 4.69) is 5.32 Å². The molecular formula is C22H30N2O4. The number of imide groups is 1. The van der Waals surface area contributed by atoms with Crippen LogP contribution in [0, 0.1) is 11.8 Å². The quantitative estimate of drug-likeness (QED) is 0.505. The van der Waals surface area contributed by atoms with E-state index in [4.69, 9.17) is 5.11 Å². The van der Waals surface area contributed by atoms with E-state index >= 15 is 0 Å². The number of nitrogens with zero attached hydrogens (tertiary/aromatic N) is 1. The van der Waals surface area contributed by atoms with Crippen LogP contribution >= 0.6 is 0 Å². The van der Waals surface area contributed by atoms with Gasteiger partial charge in [-0.2, -0.15) is 0 Å². The molecule has 0 spiro atoms. The van der Waals surface area contributed by atoms with E-state index in [9.17, 15) is 14.4 Å². The Morgan fingerprint density at radius 1 is 1.00 bits per heavy atom. The number of rotatable bonds is 9. The topological polar surface area (TPSA) is 86.7 Å². The van der Waals surface area contributed by atoms with Crippen LogP contribution in [0.15, 0.2) is 24.3 Å². The maximum atomic E-state index is 12.7. The fourth-order valence-corrected chi connectivity index (χ4v) is 4.34. The average Bonchev–Trinajstić information content (AvgIpc) is 2.96. The molecule has 0 aromatic heterocycles. The minimum atomic E-state index is -0.241. The van der Waals surface area contributed by atoms with Gasteiger partial charge in [-0.3, -0.25) is 19.3 Å². The summed E-state index contributed by atoms with van der Waals surface area (Å²) in [6.45, 7) is 1.18. The van der Waals surface area contributed by atoms with Crippen LogP contribution in [0.5, 0.6) is 0 Å². The minimum Gasteiger partial charge on any atom is -0.396 e. The first-order chi connectivity index (χ1) is 13.6. The first kappa shape index (κ1) is 20.5. The molecule has 1 fully saturated rings. The lowest BCUT2D eigenvalue weighted by molar-refractivity contribution is -0.128. The molecule has 3 amide bonds. The number of carbonyl (C=O) groups is 3. The Morgan fingerprint density at radius 3 is 2.32 bits per heavy atom. The first-order valence-electron chi connectivity index (χ1n) is 10.5. The second kappa shape index (κ2) is 9.82. The number of carbonyl (C=O) groups excluding carboxylic acids is 3. The lowest BCUT2D eigenvalue weighted by atomic mass is 9.78. The molecule has 1 aliphatic carbocycles. The van der Waals surface area contributed by atoms with Crippen LogP contribution in [0.4, 0.5) is 0 Å². The zero-order valence-electron chi connectivity index (χ0n) is 16.4. The monoisotopic (exact) mass is 386 g/mol. The molecule has 6 heteroatoms. The summed E-state index contributed by atoms with van der Waals surface area (Å²) in [5.41, 5.74) is 0.930. The summed E-state index contributed by atoms with van der Waals surface area (Å²) in [6, 6.07) is 6.92.